The third-order valence-electron chi connectivity index (χ3n) is 5.70. The Morgan fingerprint density at radius 1 is 0.944 bits per heavy atom. The van der Waals surface area contributed by atoms with Crippen molar-refractivity contribution < 1.29 is 18.3 Å². The maximum absolute atomic E-state index is 14.6. The summed E-state index contributed by atoms with van der Waals surface area (Å²) in [6.45, 7) is 11.0. The minimum Gasteiger partial charge on any atom is -0.497 e. The summed E-state index contributed by atoms with van der Waals surface area (Å²) in [5.41, 5.74) is 0.898. The smallest absolute Gasteiger partial charge is 0.266 e. The predicted octanol–water partition coefficient (Wildman–Crippen LogP) is 5.58. The quantitative estimate of drug-likeness (QED) is 0.357. The highest BCUT2D eigenvalue weighted by molar-refractivity contribution is 5.64. The molecule has 4 aromatic rings. The number of hydrogen-bond acceptors (Lipinski definition) is 6. The van der Waals surface area contributed by atoms with Gasteiger partial charge in [0.05, 0.1) is 31.3 Å². The highest BCUT2D eigenvalue weighted by atomic mass is 19.1. The fourth-order valence-electron chi connectivity index (χ4n) is 3.62. The van der Waals surface area contributed by atoms with Gasteiger partial charge in [0.15, 0.2) is 5.69 Å². The molecule has 0 aliphatic heterocycles. The summed E-state index contributed by atoms with van der Waals surface area (Å²) in [5, 5.41) is 9.26. The molecule has 180 valence electrons. The van der Waals surface area contributed by atoms with Crippen molar-refractivity contribution in [2.45, 2.75) is 19.3 Å². The van der Waals surface area contributed by atoms with Gasteiger partial charge in [-0.1, -0.05) is 6.57 Å². The number of pyridine rings is 2. The van der Waals surface area contributed by atoms with E-state index in [4.69, 9.17) is 21.0 Å². The van der Waals surface area contributed by atoms with E-state index in [1.807, 2.05) is 19.9 Å². The lowest BCUT2D eigenvalue weighted by Gasteiger charge is -2.25. The van der Waals surface area contributed by atoms with Crippen molar-refractivity contribution in [1.29, 1.82) is 5.26 Å². The maximum Gasteiger partial charge on any atom is 0.266 e. The lowest BCUT2D eigenvalue weighted by Crippen LogP contribution is -2.23. The summed E-state index contributed by atoms with van der Waals surface area (Å²) in [5.74, 6) is -0.286. The number of benzene rings is 1. The summed E-state index contributed by atoms with van der Waals surface area (Å²) < 4.78 is 38.9. The zero-order valence-electron chi connectivity index (χ0n) is 19.8. The van der Waals surface area contributed by atoms with Crippen molar-refractivity contribution in [3.05, 3.63) is 82.6 Å². The fourth-order valence-corrected chi connectivity index (χ4v) is 3.62. The number of aromatic nitrogens is 4. The Kier molecular flexibility index (Phi) is 6.37. The largest absolute Gasteiger partial charge is 0.497 e. The van der Waals surface area contributed by atoms with Crippen LogP contribution < -0.4 is 9.47 Å². The second kappa shape index (κ2) is 9.43. The number of H-pyrrole nitrogens is 1. The van der Waals surface area contributed by atoms with Gasteiger partial charge in [-0.15, -0.1) is 0 Å². The molecule has 0 bridgehead atoms. The number of ether oxygens (including phenoxy) is 2. The molecule has 0 atom stereocenters. The molecule has 0 radical (unpaired) electrons. The number of imidazole rings is 1. The van der Waals surface area contributed by atoms with Crippen LogP contribution in [0.2, 0.25) is 0 Å². The van der Waals surface area contributed by atoms with E-state index in [0.717, 1.165) is 12.1 Å². The molecule has 0 aliphatic carbocycles. The SMILES string of the molecule is [C-]#[N+]c1[nH]c(-c2cc(OC)cc(C(C)(C)c3cc(OC)cc(-c4ccc(F)cc4F)n3)n2)nc1C#N. The number of halogens is 2. The Morgan fingerprint density at radius 2 is 1.56 bits per heavy atom. The Morgan fingerprint density at radius 3 is 2.08 bits per heavy atom. The first-order chi connectivity index (χ1) is 17.2. The first-order valence-electron chi connectivity index (χ1n) is 10.7. The molecule has 4 rings (SSSR count). The van der Waals surface area contributed by atoms with Crippen LogP contribution in [0.4, 0.5) is 14.6 Å². The number of rotatable bonds is 6. The van der Waals surface area contributed by atoms with Gasteiger partial charge in [-0.05, 0) is 26.0 Å². The van der Waals surface area contributed by atoms with Gasteiger partial charge in [-0.2, -0.15) is 5.26 Å². The summed E-state index contributed by atoms with van der Waals surface area (Å²) in [7, 11) is 2.99. The molecular weight excluding hydrogens is 466 g/mol. The van der Waals surface area contributed by atoms with Gasteiger partial charge in [0.25, 0.3) is 5.82 Å². The molecule has 1 aromatic carbocycles. The van der Waals surface area contributed by atoms with Gasteiger partial charge in [0.1, 0.15) is 34.9 Å². The maximum atomic E-state index is 14.6. The third kappa shape index (κ3) is 4.44. The Labute approximate surface area is 206 Å². The monoisotopic (exact) mass is 486 g/mol. The second-order valence-corrected chi connectivity index (χ2v) is 8.31. The molecule has 0 aliphatic rings. The van der Waals surface area contributed by atoms with Crippen molar-refractivity contribution in [3.8, 4) is 40.3 Å². The number of nitrogens with zero attached hydrogens (tertiary/aromatic N) is 5. The van der Waals surface area contributed by atoms with E-state index >= 15 is 0 Å². The van der Waals surface area contributed by atoms with Crippen LogP contribution in [0.3, 0.4) is 0 Å². The van der Waals surface area contributed by atoms with E-state index in [1.165, 1.54) is 20.3 Å². The minimum absolute atomic E-state index is 0.0124. The van der Waals surface area contributed by atoms with Gasteiger partial charge in [0, 0.05) is 41.3 Å². The second-order valence-electron chi connectivity index (χ2n) is 8.31. The van der Waals surface area contributed by atoms with Crippen molar-refractivity contribution in [2.75, 3.05) is 14.2 Å². The van der Waals surface area contributed by atoms with E-state index in [0.29, 0.717) is 28.6 Å². The van der Waals surface area contributed by atoms with Crippen LogP contribution in [0, 0.1) is 29.5 Å². The van der Waals surface area contributed by atoms with Crippen LogP contribution in [-0.4, -0.2) is 34.2 Å². The normalized spacial score (nSPS) is 11.0. The summed E-state index contributed by atoms with van der Waals surface area (Å²) in [6, 6.07) is 11.8. The molecule has 0 unspecified atom stereocenters. The molecule has 10 heteroatoms. The lowest BCUT2D eigenvalue weighted by molar-refractivity contribution is 0.409. The zero-order valence-corrected chi connectivity index (χ0v) is 19.8. The van der Waals surface area contributed by atoms with E-state index in [9.17, 15) is 14.0 Å². The molecule has 3 heterocycles. The highest BCUT2D eigenvalue weighted by Crippen LogP contribution is 2.37. The lowest BCUT2D eigenvalue weighted by atomic mass is 9.84. The van der Waals surface area contributed by atoms with Gasteiger partial charge < -0.3 is 14.3 Å². The van der Waals surface area contributed by atoms with Gasteiger partial charge >= 0.3 is 0 Å². The number of methoxy groups -OCH3 is 2. The molecule has 0 amide bonds. The molecule has 3 aromatic heterocycles. The molecule has 1 N–H and O–H groups in total. The fraction of sp³-hybridized carbons (Fsp3) is 0.192. The summed E-state index contributed by atoms with van der Waals surface area (Å²) in [4.78, 5) is 19.7. The van der Waals surface area contributed by atoms with Gasteiger partial charge in [-0.3, -0.25) is 9.97 Å². The van der Waals surface area contributed by atoms with Crippen molar-refractivity contribution in [2.24, 2.45) is 0 Å². The van der Waals surface area contributed by atoms with Crippen molar-refractivity contribution >= 4 is 5.82 Å². The molecule has 36 heavy (non-hydrogen) atoms. The van der Waals surface area contributed by atoms with Crippen LogP contribution in [0.15, 0.2) is 42.5 Å². The topological polar surface area (TPSA) is 101 Å². The Balaban J connectivity index is 1.87. The van der Waals surface area contributed by atoms with Crippen LogP contribution in [0.25, 0.3) is 27.6 Å². The van der Waals surface area contributed by atoms with Gasteiger partial charge in [-0.25, -0.2) is 18.7 Å². The molecule has 8 nitrogen and oxygen atoms in total. The summed E-state index contributed by atoms with van der Waals surface area (Å²) in [6.07, 6.45) is 0. The average molecular weight is 486 g/mol. The third-order valence-corrected chi connectivity index (χ3v) is 5.70. The number of hydrogen-bond donors (Lipinski definition) is 1. The van der Waals surface area contributed by atoms with Crippen LogP contribution in [-0.2, 0) is 5.41 Å². The Bertz CT molecular complexity index is 1520. The van der Waals surface area contributed by atoms with E-state index in [2.05, 4.69) is 19.8 Å². The standard InChI is InChI=1S/C26H20F2N6O2/c1-26(2,22-11-15(35-4)9-19(31-22)17-7-6-14(27)8-18(17)28)23-12-16(36-5)10-20(32-23)25-33-21(13-29)24(30-3)34-25/h6-12H,1-2,4-5H3,(H,33,34). The first kappa shape index (κ1) is 24.3. The first-order valence-corrected chi connectivity index (χ1v) is 10.7. The van der Waals surface area contributed by atoms with Crippen LogP contribution >= 0.6 is 0 Å². The molecule has 0 saturated carbocycles. The van der Waals surface area contributed by atoms with E-state index in [1.54, 1.807) is 24.3 Å². The average Bonchev–Trinajstić information content (AvgIpc) is 3.31. The molecular formula is C26H20F2N6O2. The highest BCUT2D eigenvalue weighted by Gasteiger charge is 2.30. The number of nitrogens with one attached hydrogen (secondary N) is 1. The van der Waals surface area contributed by atoms with Gasteiger partial charge in [0.2, 0.25) is 5.82 Å². The molecule has 0 fully saturated rings. The zero-order chi connectivity index (χ0) is 26.0. The molecule has 0 saturated heterocycles. The van der Waals surface area contributed by atoms with Crippen molar-refractivity contribution in [1.82, 2.24) is 19.9 Å². The van der Waals surface area contributed by atoms with Crippen LogP contribution in [0.5, 0.6) is 11.5 Å². The number of nitriles is 1. The van der Waals surface area contributed by atoms with E-state index < -0.39 is 17.0 Å². The minimum atomic E-state index is -0.851. The van der Waals surface area contributed by atoms with Crippen LogP contribution in [0.1, 0.15) is 30.9 Å². The van der Waals surface area contributed by atoms with Crippen molar-refractivity contribution in [3.63, 3.8) is 0 Å². The summed E-state index contributed by atoms with van der Waals surface area (Å²) >= 11 is 0. The van der Waals surface area contributed by atoms with E-state index in [-0.39, 0.29) is 28.6 Å². The Hall–Kier alpha value is -4.83. The number of aromatic amines is 1. The predicted molar refractivity (Wildman–Crippen MR) is 128 cm³/mol. The molecule has 0 spiro atoms.